The van der Waals surface area contributed by atoms with Crippen LogP contribution < -0.4 is 14.8 Å². The summed E-state index contributed by atoms with van der Waals surface area (Å²) in [5.41, 5.74) is 2.74. The molecular formula is C17H16ClNO3. The van der Waals surface area contributed by atoms with E-state index in [1.54, 1.807) is 0 Å². The van der Waals surface area contributed by atoms with E-state index in [4.69, 9.17) is 21.1 Å². The van der Waals surface area contributed by atoms with Crippen molar-refractivity contribution in [3.8, 4) is 11.5 Å². The molecule has 0 bridgehead atoms. The molecule has 0 spiro atoms. The lowest BCUT2D eigenvalue weighted by Crippen LogP contribution is -2.12. The largest absolute Gasteiger partial charge is 0.454 e. The Morgan fingerprint density at radius 1 is 1.18 bits per heavy atom. The number of carbonyl (C=O) groups excluding carboxylic acids is 1. The smallest absolute Gasteiger partial charge is 0.231 e. The first kappa shape index (κ1) is 14.7. The number of halogens is 1. The van der Waals surface area contributed by atoms with Gasteiger partial charge in [-0.2, -0.15) is 0 Å². The van der Waals surface area contributed by atoms with Crippen molar-refractivity contribution in [3.63, 3.8) is 0 Å². The predicted molar refractivity (Wildman–Crippen MR) is 85.7 cm³/mol. The Labute approximate surface area is 134 Å². The maximum Gasteiger partial charge on any atom is 0.231 e. The molecule has 0 aromatic heterocycles. The minimum absolute atomic E-state index is 0.0663. The third-order valence-electron chi connectivity index (χ3n) is 3.48. The average molecular weight is 318 g/mol. The van der Waals surface area contributed by atoms with Crippen LogP contribution in [0.25, 0.3) is 0 Å². The number of rotatable bonds is 4. The van der Waals surface area contributed by atoms with Gasteiger partial charge >= 0.3 is 0 Å². The fourth-order valence-electron chi connectivity index (χ4n) is 2.29. The number of hydrogen-bond acceptors (Lipinski definition) is 3. The van der Waals surface area contributed by atoms with Crippen molar-refractivity contribution in [3.05, 3.63) is 52.5 Å². The van der Waals surface area contributed by atoms with Gasteiger partial charge in [0.1, 0.15) is 0 Å². The van der Waals surface area contributed by atoms with Crippen LogP contribution in [0.4, 0.5) is 5.69 Å². The van der Waals surface area contributed by atoms with Crippen molar-refractivity contribution in [2.75, 3.05) is 12.1 Å². The van der Waals surface area contributed by atoms with Crippen LogP contribution in [0.5, 0.6) is 11.5 Å². The van der Waals surface area contributed by atoms with E-state index in [1.807, 2.05) is 43.3 Å². The fourth-order valence-corrected chi connectivity index (χ4v) is 2.57. The highest BCUT2D eigenvalue weighted by Crippen LogP contribution is 2.32. The molecule has 0 atom stereocenters. The Morgan fingerprint density at radius 3 is 2.82 bits per heavy atom. The van der Waals surface area contributed by atoms with Crippen LogP contribution in [0.2, 0.25) is 5.02 Å². The molecule has 1 aliphatic rings. The van der Waals surface area contributed by atoms with E-state index in [0.717, 1.165) is 22.6 Å². The molecule has 2 aromatic carbocycles. The van der Waals surface area contributed by atoms with Crippen LogP contribution in [0.15, 0.2) is 36.4 Å². The zero-order valence-corrected chi connectivity index (χ0v) is 12.9. The van der Waals surface area contributed by atoms with E-state index >= 15 is 0 Å². The van der Waals surface area contributed by atoms with Crippen molar-refractivity contribution in [2.24, 2.45) is 0 Å². The summed E-state index contributed by atoms with van der Waals surface area (Å²) in [6.45, 7) is 2.21. The number of fused-ring (bicyclic) bond motifs is 1. The highest BCUT2D eigenvalue weighted by Gasteiger charge is 2.14. The van der Waals surface area contributed by atoms with Gasteiger partial charge in [0, 0.05) is 6.42 Å². The van der Waals surface area contributed by atoms with Gasteiger partial charge in [0.15, 0.2) is 11.5 Å². The summed E-state index contributed by atoms with van der Waals surface area (Å²) in [5.74, 6) is 1.42. The molecule has 0 saturated heterocycles. The van der Waals surface area contributed by atoms with Gasteiger partial charge in [-0.25, -0.2) is 0 Å². The summed E-state index contributed by atoms with van der Waals surface area (Å²) in [5, 5.41) is 3.39. The Hall–Kier alpha value is -2.20. The van der Waals surface area contributed by atoms with Gasteiger partial charge in [-0.3, -0.25) is 4.79 Å². The van der Waals surface area contributed by atoms with Crippen LogP contribution in [-0.2, 0) is 11.2 Å². The second kappa shape index (κ2) is 6.28. The van der Waals surface area contributed by atoms with Crippen LogP contribution in [-0.4, -0.2) is 12.7 Å². The molecule has 0 aliphatic carbocycles. The van der Waals surface area contributed by atoms with Gasteiger partial charge in [-0.05, 0) is 48.7 Å². The number of hydrogen-bond donors (Lipinski definition) is 1. The molecule has 0 unspecified atom stereocenters. The third kappa shape index (κ3) is 3.34. The number of anilines is 1. The first-order chi connectivity index (χ1) is 10.6. The van der Waals surface area contributed by atoms with Crippen molar-refractivity contribution in [1.29, 1.82) is 0 Å². The summed E-state index contributed by atoms with van der Waals surface area (Å²) in [7, 11) is 0. The Balaban J connectivity index is 1.58. The van der Waals surface area contributed by atoms with Gasteiger partial charge in [0.05, 0.1) is 10.7 Å². The number of amides is 1. The first-order valence-electron chi connectivity index (χ1n) is 7.06. The average Bonchev–Trinajstić information content (AvgIpc) is 2.95. The van der Waals surface area contributed by atoms with Gasteiger partial charge < -0.3 is 14.8 Å². The molecule has 1 aliphatic heterocycles. The standard InChI is InChI=1S/C17H16ClNO3/c1-11-2-5-14(13(18)8-11)19-17(20)7-4-12-3-6-15-16(9-12)22-10-21-15/h2-3,5-6,8-9H,4,7,10H2,1H3,(H,19,20). The number of nitrogens with one attached hydrogen (secondary N) is 1. The quantitative estimate of drug-likeness (QED) is 0.929. The highest BCUT2D eigenvalue weighted by atomic mass is 35.5. The SMILES string of the molecule is Cc1ccc(NC(=O)CCc2ccc3c(c2)OCO3)c(Cl)c1. The predicted octanol–water partition coefficient (Wildman–Crippen LogP) is 3.95. The Bertz CT molecular complexity index is 715. The molecule has 1 N–H and O–H groups in total. The molecule has 22 heavy (non-hydrogen) atoms. The Kier molecular flexibility index (Phi) is 4.20. The topological polar surface area (TPSA) is 47.6 Å². The van der Waals surface area contributed by atoms with Crippen molar-refractivity contribution >= 4 is 23.2 Å². The second-order valence-corrected chi connectivity index (χ2v) is 5.63. The van der Waals surface area contributed by atoms with Gasteiger partial charge in [0.25, 0.3) is 0 Å². The lowest BCUT2D eigenvalue weighted by atomic mass is 10.1. The summed E-state index contributed by atoms with van der Waals surface area (Å²) < 4.78 is 10.6. The van der Waals surface area contributed by atoms with Crippen molar-refractivity contribution in [2.45, 2.75) is 19.8 Å². The van der Waals surface area contributed by atoms with E-state index in [1.165, 1.54) is 0 Å². The number of carbonyl (C=O) groups is 1. The lowest BCUT2D eigenvalue weighted by Gasteiger charge is -2.08. The maximum absolute atomic E-state index is 12.0. The summed E-state index contributed by atoms with van der Waals surface area (Å²) in [6.07, 6.45) is 1.01. The Morgan fingerprint density at radius 2 is 2.00 bits per heavy atom. The molecule has 2 aromatic rings. The van der Waals surface area contributed by atoms with Crippen LogP contribution >= 0.6 is 11.6 Å². The molecular weight excluding hydrogens is 302 g/mol. The molecule has 5 heteroatoms. The number of ether oxygens (including phenoxy) is 2. The van der Waals surface area contributed by atoms with Crippen molar-refractivity contribution < 1.29 is 14.3 Å². The molecule has 0 saturated carbocycles. The van der Waals surface area contributed by atoms with Crippen LogP contribution in [0.3, 0.4) is 0 Å². The normalized spacial score (nSPS) is 12.3. The van der Waals surface area contributed by atoms with E-state index in [9.17, 15) is 4.79 Å². The zero-order chi connectivity index (χ0) is 15.5. The lowest BCUT2D eigenvalue weighted by molar-refractivity contribution is -0.116. The molecule has 0 fully saturated rings. The van der Waals surface area contributed by atoms with Gasteiger partial charge in [-0.1, -0.05) is 23.7 Å². The first-order valence-corrected chi connectivity index (χ1v) is 7.44. The van der Waals surface area contributed by atoms with E-state index in [0.29, 0.717) is 23.6 Å². The highest BCUT2D eigenvalue weighted by molar-refractivity contribution is 6.33. The summed E-state index contributed by atoms with van der Waals surface area (Å²) >= 11 is 6.11. The summed E-state index contributed by atoms with van der Waals surface area (Å²) in [6, 6.07) is 11.3. The minimum atomic E-state index is -0.0663. The van der Waals surface area contributed by atoms with Gasteiger partial charge in [0.2, 0.25) is 12.7 Å². The van der Waals surface area contributed by atoms with Gasteiger partial charge in [-0.15, -0.1) is 0 Å². The molecule has 0 radical (unpaired) electrons. The van der Waals surface area contributed by atoms with Crippen molar-refractivity contribution in [1.82, 2.24) is 0 Å². The van der Waals surface area contributed by atoms with E-state index in [2.05, 4.69) is 5.32 Å². The zero-order valence-electron chi connectivity index (χ0n) is 12.2. The minimum Gasteiger partial charge on any atom is -0.454 e. The molecule has 1 amide bonds. The van der Waals surface area contributed by atoms with E-state index < -0.39 is 0 Å². The summed E-state index contributed by atoms with van der Waals surface area (Å²) in [4.78, 5) is 12.0. The fraction of sp³-hybridized carbons (Fsp3) is 0.235. The number of aryl methyl sites for hydroxylation is 2. The van der Waals surface area contributed by atoms with Crippen LogP contribution in [0, 0.1) is 6.92 Å². The maximum atomic E-state index is 12.0. The molecule has 3 rings (SSSR count). The van der Waals surface area contributed by atoms with E-state index in [-0.39, 0.29) is 12.7 Å². The van der Waals surface area contributed by atoms with Crippen LogP contribution in [0.1, 0.15) is 17.5 Å². The number of benzene rings is 2. The molecule has 114 valence electrons. The monoisotopic (exact) mass is 317 g/mol. The molecule has 4 nitrogen and oxygen atoms in total. The molecule has 1 heterocycles. The third-order valence-corrected chi connectivity index (χ3v) is 3.79. The second-order valence-electron chi connectivity index (χ2n) is 5.22.